The summed E-state index contributed by atoms with van der Waals surface area (Å²) in [5.74, 6) is 1.48. The molecule has 122 valence electrons. The highest BCUT2D eigenvalue weighted by molar-refractivity contribution is 5.83. The van der Waals surface area contributed by atoms with Crippen LogP contribution in [0.4, 0.5) is 4.39 Å². The molecule has 2 fully saturated rings. The first kappa shape index (κ1) is 14.6. The molecule has 0 spiro atoms. The number of amides is 1. The van der Waals surface area contributed by atoms with Crippen molar-refractivity contribution in [3.8, 4) is 0 Å². The van der Waals surface area contributed by atoms with Crippen molar-refractivity contribution in [1.82, 2.24) is 20.0 Å². The maximum absolute atomic E-state index is 13.8. The molecule has 2 aliphatic rings. The second-order valence-electron chi connectivity index (χ2n) is 7.30. The Hall–Kier alpha value is -1.95. The van der Waals surface area contributed by atoms with Gasteiger partial charge in [0.25, 0.3) is 0 Å². The number of fused-ring (bicyclic) bond motifs is 2. The van der Waals surface area contributed by atoms with E-state index in [4.69, 9.17) is 0 Å². The summed E-state index contributed by atoms with van der Waals surface area (Å²) in [6.07, 6.45) is 3.15. The van der Waals surface area contributed by atoms with Crippen molar-refractivity contribution >= 4 is 11.4 Å². The number of hydrogen-bond acceptors (Lipinski definition) is 3. The van der Waals surface area contributed by atoms with E-state index in [9.17, 15) is 9.18 Å². The van der Waals surface area contributed by atoms with Gasteiger partial charge < -0.3 is 10.6 Å². The molecule has 23 heavy (non-hydrogen) atoms. The van der Waals surface area contributed by atoms with Crippen LogP contribution in [0.5, 0.6) is 0 Å². The van der Waals surface area contributed by atoms with E-state index in [0.717, 1.165) is 24.2 Å². The lowest BCUT2D eigenvalue weighted by molar-refractivity contribution is -0.124. The van der Waals surface area contributed by atoms with E-state index in [-0.39, 0.29) is 17.6 Å². The van der Waals surface area contributed by atoms with Gasteiger partial charge in [-0.25, -0.2) is 9.37 Å². The first-order valence-electron chi connectivity index (χ1n) is 8.05. The molecule has 0 aromatic carbocycles. The molecule has 2 N–H and O–H groups in total. The van der Waals surface area contributed by atoms with Crippen molar-refractivity contribution in [2.75, 3.05) is 13.1 Å². The minimum Gasteiger partial charge on any atom is -0.344 e. The molecule has 1 aliphatic carbocycles. The van der Waals surface area contributed by atoms with Crippen molar-refractivity contribution in [1.29, 1.82) is 0 Å². The van der Waals surface area contributed by atoms with Crippen LogP contribution in [0.3, 0.4) is 0 Å². The zero-order chi connectivity index (χ0) is 16.4. The number of pyridine rings is 1. The van der Waals surface area contributed by atoms with E-state index in [1.54, 1.807) is 10.6 Å². The Morgan fingerprint density at radius 1 is 1.43 bits per heavy atom. The number of aryl methyl sites for hydroxylation is 1. The maximum atomic E-state index is 13.8. The molecule has 1 amide bonds. The third-order valence-corrected chi connectivity index (χ3v) is 5.20. The molecule has 6 heteroatoms. The van der Waals surface area contributed by atoms with Crippen LogP contribution in [0.15, 0.2) is 18.5 Å². The number of imidazole rings is 1. The van der Waals surface area contributed by atoms with Gasteiger partial charge >= 0.3 is 0 Å². The van der Waals surface area contributed by atoms with E-state index >= 15 is 0 Å². The number of aromatic nitrogens is 2. The first-order valence-corrected chi connectivity index (χ1v) is 8.05. The van der Waals surface area contributed by atoms with Crippen molar-refractivity contribution in [3.63, 3.8) is 0 Å². The van der Waals surface area contributed by atoms with Gasteiger partial charge in [0.2, 0.25) is 5.91 Å². The molecule has 0 bridgehead atoms. The quantitative estimate of drug-likeness (QED) is 0.904. The summed E-state index contributed by atoms with van der Waals surface area (Å²) >= 11 is 0. The fourth-order valence-corrected chi connectivity index (χ4v) is 3.94. The SMILES string of the molecule is Cc1cc(F)cn2c(C(C)(C)NC(=O)[C@H]3[C@@H]4CNC[C@@H]43)ncc12. The molecule has 2 aromatic heterocycles. The zero-order valence-corrected chi connectivity index (χ0v) is 13.6. The maximum Gasteiger partial charge on any atom is 0.224 e. The fourth-order valence-electron chi connectivity index (χ4n) is 3.94. The van der Waals surface area contributed by atoms with Gasteiger partial charge in [0, 0.05) is 12.1 Å². The van der Waals surface area contributed by atoms with Gasteiger partial charge in [-0.2, -0.15) is 0 Å². The number of halogens is 1. The van der Waals surface area contributed by atoms with Crippen molar-refractivity contribution in [2.45, 2.75) is 26.3 Å². The number of carbonyl (C=O) groups excluding carboxylic acids is 1. The van der Waals surface area contributed by atoms with E-state index in [1.165, 1.54) is 12.3 Å². The Morgan fingerprint density at radius 2 is 2.13 bits per heavy atom. The molecule has 0 unspecified atom stereocenters. The summed E-state index contributed by atoms with van der Waals surface area (Å²) in [6.45, 7) is 7.54. The van der Waals surface area contributed by atoms with Gasteiger partial charge in [-0.1, -0.05) is 0 Å². The van der Waals surface area contributed by atoms with Crippen LogP contribution in [0.2, 0.25) is 0 Å². The highest BCUT2D eigenvalue weighted by Gasteiger charge is 2.57. The van der Waals surface area contributed by atoms with Gasteiger partial charge in [0.15, 0.2) is 0 Å². The molecular formula is C17H21FN4O. The molecule has 1 saturated carbocycles. The lowest BCUT2D eigenvalue weighted by atomic mass is 10.0. The number of nitrogens with one attached hydrogen (secondary N) is 2. The van der Waals surface area contributed by atoms with Crippen LogP contribution in [0.1, 0.15) is 25.2 Å². The third-order valence-electron chi connectivity index (χ3n) is 5.20. The molecule has 1 aliphatic heterocycles. The summed E-state index contributed by atoms with van der Waals surface area (Å²) in [4.78, 5) is 17.0. The molecule has 5 nitrogen and oxygen atoms in total. The Labute approximate surface area is 134 Å². The van der Waals surface area contributed by atoms with Crippen LogP contribution in [0, 0.1) is 30.5 Å². The van der Waals surface area contributed by atoms with Crippen molar-refractivity contribution < 1.29 is 9.18 Å². The van der Waals surface area contributed by atoms with Crippen LogP contribution in [-0.4, -0.2) is 28.4 Å². The summed E-state index contributed by atoms with van der Waals surface area (Å²) in [6, 6.07) is 1.49. The summed E-state index contributed by atoms with van der Waals surface area (Å²) in [5.41, 5.74) is 1.03. The highest BCUT2D eigenvalue weighted by atomic mass is 19.1. The first-order chi connectivity index (χ1) is 10.9. The van der Waals surface area contributed by atoms with Crippen molar-refractivity contribution in [2.24, 2.45) is 17.8 Å². The van der Waals surface area contributed by atoms with Crippen molar-refractivity contribution in [3.05, 3.63) is 35.7 Å². The lowest BCUT2D eigenvalue weighted by Crippen LogP contribution is -2.44. The Bertz CT molecular complexity index is 787. The Balaban J connectivity index is 1.62. The largest absolute Gasteiger partial charge is 0.344 e. The summed E-state index contributed by atoms with van der Waals surface area (Å²) < 4.78 is 15.5. The van der Waals surface area contributed by atoms with Crippen LogP contribution < -0.4 is 10.6 Å². The van der Waals surface area contributed by atoms with E-state index in [2.05, 4.69) is 15.6 Å². The van der Waals surface area contributed by atoms with E-state index in [1.807, 2.05) is 20.8 Å². The van der Waals surface area contributed by atoms with Gasteiger partial charge in [0.05, 0.1) is 17.3 Å². The fraction of sp³-hybridized carbons (Fsp3) is 0.529. The zero-order valence-electron chi connectivity index (χ0n) is 13.6. The average molecular weight is 316 g/mol. The highest BCUT2D eigenvalue weighted by Crippen LogP contribution is 2.49. The van der Waals surface area contributed by atoms with Crippen LogP contribution >= 0.6 is 0 Å². The topological polar surface area (TPSA) is 58.4 Å². The predicted molar refractivity (Wildman–Crippen MR) is 84.4 cm³/mol. The number of rotatable bonds is 3. The molecule has 4 rings (SSSR count). The van der Waals surface area contributed by atoms with Crippen LogP contribution in [-0.2, 0) is 10.3 Å². The van der Waals surface area contributed by atoms with Gasteiger partial charge in [-0.15, -0.1) is 0 Å². The molecule has 3 heterocycles. The second-order valence-corrected chi connectivity index (χ2v) is 7.30. The number of piperidine rings is 1. The number of nitrogens with zero attached hydrogens (tertiary/aromatic N) is 2. The van der Waals surface area contributed by atoms with E-state index < -0.39 is 5.54 Å². The minimum absolute atomic E-state index is 0.0800. The predicted octanol–water partition coefficient (Wildman–Crippen LogP) is 1.60. The normalized spacial score (nSPS) is 26.3. The molecule has 0 radical (unpaired) electrons. The second kappa shape index (κ2) is 4.77. The number of hydrogen-bond donors (Lipinski definition) is 2. The Morgan fingerprint density at radius 3 is 2.83 bits per heavy atom. The third kappa shape index (κ3) is 2.24. The van der Waals surface area contributed by atoms with E-state index in [0.29, 0.717) is 17.7 Å². The summed E-state index contributed by atoms with van der Waals surface area (Å²) in [7, 11) is 0. The molecule has 1 saturated heterocycles. The van der Waals surface area contributed by atoms with Gasteiger partial charge in [0.1, 0.15) is 11.6 Å². The summed E-state index contributed by atoms with van der Waals surface area (Å²) in [5, 5.41) is 6.40. The minimum atomic E-state index is -0.659. The van der Waals surface area contributed by atoms with Gasteiger partial charge in [-0.05, 0) is 57.3 Å². The smallest absolute Gasteiger partial charge is 0.224 e. The molecule has 3 atom stereocenters. The lowest BCUT2D eigenvalue weighted by Gasteiger charge is -2.26. The molecular weight excluding hydrogens is 295 g/mol. The standard InChI is InChI=1S/C17H21FN4O/c1-9-4-10(18)8-22-13(9)7-20-16(22)17(2,3)21-15(23)14-11-5-19-6-12(11)14/h4,7-8,11-12,14,19H,5-6H2,1-3H3,(H,21,23)/t11-,12+,14+. The monoisotopic (exact) mass is 316 g/mol. The van der Waals surface area contributed by atoms with Crippen LogP contribution in [0.25, 0.3) is 5.52 Å². The number of carbonyl (C=O) groups is 1. The average Bonchev–Trinajstić information content (AvgIpc) is 2.84. The van der Waals surface area contributed by atoms with Gasteiger partial charge in [-0.3, -0.25) is 9.20 Å². The molecule has 2 aromatic rings. The Kier molecular flexibility index (Phi) is 3.04.